The van der Waals surface area contributed by atoms with Crippen molar-refractivity contribution < 1.29 is 9.84 Å². The van der Waals surface area contributed by atoms with Crippen LogP contribution in [0.5, 0.6) is 5.75 Å². The molecule has 0 spiro atoms. The highest BCUT2D eigenvalue weighted by Gasteiger charge is 2.22. The Morgan fingerprint density at radius 1 is 1.35 bits per heavy atom. The summed E-state index contributed by atoms with van der Waals surface area (Å²) in [6.07, 6.45) is 1.50. The van der Waals surface area contributed by atoms with Gasteiger partial charge in [-0.05, 0) is 31.0 Å². The highest BCUT2D eigenvalue weighted by molar-refractivity contribution is 7.99. The Morgan fingerprint density at radius 2 is 2.00 bits per heavy atom. The summed E-state index contributed by atoms with van der Waals surface area (Å²) in [7, 11) is 1.63. The molecule has 0 heterocycles. The van der Waals surface area contributed by atoms with Gasteiger partial charge in [-0.2, -0.15) is 0 Å². The first kappa shape index (κ1) is 14.2. The van der Waals surface area contributed by atoms with Gasteiger partial charge >= 0.3 is 0 Å². The van der Waals surface area contributed by atoms with Crippen LogP contribution in [0.1, 0.15) is 26.7 Å². The van der Waals surface area contributed by atoms with Crippen molar-refractivity contribution in [2.75, 3.05) is 18.6 Å². The standard InChI is InChI=1S/C13H21NO2S/c1-4-13(15,5-2)9-17-12-8-10(16-3)6-7-11(12)14/h6-8,15H,4-5,9,14H2,1-3H3. The molecule has 0 amide bonds. The predicted octanol–water partition coefficient (Wildman–Crippen LogP) is 2.92. The third-order valence-electron chi connectivity index (χ3n) is 3.03. The molecule has 0 bridgehead atoms. The maximum Gasteiger partial charge on any atom is 0.120 e. The quantitative estimate of drug-likeness (QED) is 0.606. The van der Waals surface area contributed by atoms with Gasteiger partial charge in [0.2, 0.25) is 0 Å². The average molecular weight is 255 g/mol. The monoisotopic (exact) mass is 255 g/mol. The molecule has 0 fully saturated rings. The third kappa shape index (κ3) is 3.82. The maximum absolute atomic E-state index is 10.2. The molecule has 96 valence electrons. The van der Waals surface area contributed by atoms with Crippen LogP contribution in [0.2, 0.25) is 0 Å². The number of ether oxygens (including phenoxy) is 1. The number of anilines is 1. The predicted molar refractivity (Wildman–Crippen MR) is 73.7 cm³/mol. The normalized spacial score (nSPS) is 11.5. The first-order chi connectivity index (χ1) is 8.04. The highest BCUT2D eigenvalue weighted by atomic mass is 32.2. The maximum atomic E-state index is 10.2. The van der Waals surface area contributed by atoms with Crippen LogP contribution in [-0.2, 0) is 0 Å². The Kier molecular flexibility index (Phi) is 5.15. The number of benzene rings is 1. The van der Waals surface area contributed by atoms with Crippen molar-refractivity contribution in [3.63, 3.8) is 0 Å². The SMILES string of the molecule is CCC(O)(CC)CSc1cc(OC)ccc1N. The second-order valence-electron chi connectivity index (χ2n) is 4.12. The van der Waals surface area contributed by atoms with Crippen LogP contribution in [0.15, 0.2) is 23.1 Å². The minimum absolute atomic E-state index is 0.611. The summed E-state index contributed by atoms with van der Waals surface area (Å²) in [6.45, 7) is 4.00. The molecule has 0 aliphatic rings. The zero-order valence-corrected chi connectivity index (χ0v) is 11.5. The van der Waals surface area contributed by atoms with E-state index >= 15 is 0 Å². The fourth-order valence-electron chi connectivity index (χ4n) is 1.43. The number of nitrogens with two attached hydrogens (primary N) is 1. The summed E-state index contributed by atoms with van der Waals surface area (Å²) in [6, 6.07) is 5.58. The lowest BCUT2D eigenvalue weighted by molar-refractivity contribution is 0.0572. The molecule has 4 heteroatoms. The van der Waals surface area contributed by atoms with Gasteiger partial charge in [0.05, 0.1) is 12.7 Å². The Morgan fingerprint density at radius 3 is 2.53 bits per heavy atom. The molecule has 1 aromatic carbocycles. The van der Waals surface area contributed by atoms with Gasteiger partial charge < -0.3 is 15.6 Å². The largest absolute Gasteiger partial charge is 0.497 e. The van der Waals surface area contributed by atoms with Crippen LogP contribution < -0.4 is 10.5 Å². The zero-order chi connectivity index (χ0) is 12.9. The molecule has 0 saturated carbocycles. The summed E-state index contributed by atoms with van der Waals surface area (Å²) >= 11 is 1.58. The zero-order valence-electron chi connectivity index (χ0n) is 10.7. The molecular weight excluding hydrogens is 234 g/mol. The first-order valence-electron chi connectivity index (χ1n) is 5.83. The fourth-order valence-corrected chi connectivity index (χ4v) is 2.70. The lowest BCUT2D eigenvalue weighted by Gasteiger charge is -2.24. The van der Waals surface area contributed by atoms with Gasteiger partial charge in [0.25, 0.3) is 0 Å². The Bertz CT molecular complexity index is 364. The van der Waals surface area contributed by atoms with Gasteiger partial charge in [0, 0.05) is 16.3 Å². The van der Waals surface area contributed by atoms with Crippen LogP contribution in [0.3, 0.4) is 0 Å². The van der Waals surface area contributed by atoms with Gasteiger partial charge in [0.1, 0.15) is 5.75 Å². The third-order valence-corrected chi connectivity index (χ3v) is 4.38. The van der Waals surface area contributed by atoms with E-state index in [-0.39, 0.29) is 0 Å². The van der Waals surface area contributed by atoms with Gasteiger partial charge in [-0.15, -0.1) is 11.8 Å². The topological polar surface area (TPSA) is 55.5 Å². The smallest absolute Gasteiger partial charge is 0.120 e. The lowest BCUT2D eigenvalue weighted by atomic mass is 10.0. The van der Waals surface area contributed by atoms with Gasteiger partial charge in [-0.1, -0.05) is 13.8 Å². The Labute approximate surface area is 107 Å². The summed E-state index contributed by atoms with van der Waals surface area (Å²) in [5, 5.41) is 10.2. The number of methoxy groups -OCH3 is 1. The van der Waals surface area contributed by atoms with Crippen molar-refractivity contribution in [1.82, 2.24) is 0 Å². The first-order valence-corrected chi connectivity index (χ1v) is 6.82. The van der Waals surface area contributed by atoms with Crippen LogP contribution in [0.4, 0.5) is 5.69 Å². The summed E-state index contributed by atoms with van der Waals surface area (Å²) in [4.78, 5) is 0.963. The minimum atomic E-state index is -0.611. The summed E-state index contributed by atoms with van der Waals surface area (Å²) in [5.41, 5.74) is 6.01. The van der Waals surface area contributed by atoms with E-state index < -0.39 is 5.60 Å². The van der Waals surface area contributed by atoms with Crippen LogP contribution in [-0.4, -0.2) is 23.6 Å². The average Bonchev–Trinajstić information content (AvgIpc) is 2.37. The van der Waals surface area contributed by atoms with Crippen molar-refractivity contribution in [3.8, 4) is 5.75 Å². The second-order valence-corrected chi connectivity index (χ2v) is 5.14. The van der Waals surface area contributed by atoms with E-state index in [2.05, 4.69) is 0 Å². The molecule has 1 aromatic rings. The van der Waals surface area contributed by atoms with Crippen molar-refractivity contribution in [2.45, 2.75) is 37.2 Å². The van der Waals surface area contributed by atoms with E-state index in [1.54, 1.807) is 18.9 Å². The molecule has 17 heavy (non-hydrogen) atoms. The molecule has 0 aliphatic carbocycles. The lowest BCUT2D eigenvalue weighted by Crippen LogP contribution is -2.29. The van der Waals surface area contributed by atoms with E-state index in [1.807, 2.05) is 32.0 Å². The van der Waals surface area contributed by atoms with Crippen molar-refractivity contribution in [1.29, 1.82) is 0 Å². The number of hydrogen-bond acceptors (Lipinski definition) is 4. The molecule has 3 N–H and O–H groups in total. The number of rotatable bonds is 6. The van der Waals surface area contributed by atoms with E-state index in [4.69, 9.17) is 10.5 Å². The van der Waals surface area contributed by atoms with Crippen molar-refractivity contribution in [2.24, 2.45) is 0 Å². The molecule has 0 radical (unpaired) electrons. The Balaban J connectivity index is 2.74. The van der Waals surface area contributed by atoms with E-state index in [9.17, 15) is 5.11 Å². The van der Waals surface area contributed by atoms with E-state index in [0.29, 0.717) is 5.75 Å². The fraction of sp³-hybridized carbons (Fsp3) is 0.538. The van der Waals surface area contributed by atoms with E-state index in [0.717, 1.165) is 29.2 Å². The van der Waals surface area contributed by atoms with Crippen LogP contribution >= 0.6 is 11.8 Å². The summed E-state index contributed by atoms with van der Waals surface area (Å²) < 4.78 is 5.16. The highest BCUT2D eigenvalue weighted by Crippen LogP contribution is 2.32. The van der Waals surface area contributed by atoms with Crippen LogP contribution in [0.25, 0.3) is 0 Å². The molecule has 1 rings (SSSR count). The molecule has 0 atom stereocenters. The molecule has 0 unspecified atom stereocenters. The van der Waals surface area contributed by atoms with Crippen LogP contribution in [0, 0.1) is 0 Å². The second kappa shape index (κ2) is 6.17. The molecule has 0 aliphatic heterocycles. The molecular formula is C13H21NO2S. The van der Waals surface area contributed by atoms with Crippen molar-refractivity contribution >= 4 is 17.4 Å². The number of hydrogen-bond donors (Lipinski definition) is 2. The Hall–Kier alpha value is -0.870. The number of thioether (sulfide) groups is 1. The molecule has 0 saturated heterocycles. The van der Waals surface area contributed by atoms with E-state index in [1.165, 1.54) is 0 Å². The number of nitrogen functional groups attached to an aromatic ring is 1. The molecule has 0 aromatic heterocycles. The minimum Gasteiger partial charge on any atom is -0.497 e. The van der Waals surface area contributed by atoms with Gasteiger partial charge in [-0.3, -0.25) is 0 Å². The van der Waals surface area contributed by atoms with Gasteiger partial charge in [0.15, 0.2) is 0 Å². The number of aliphatic hydroxyl groups is 1. The van der Waals surface area contributed by atoms with Crippen molar-refractivity contribution in [3.05, 3.63) is 18.2 Å². The van der Waals surface area contributed by atoms with Gasteiger partial charge in [-0.25, -0.2) is 0 Å². The molecule has 3 nitrogen and oxygen atoms in total. The summed E-state index contributed by atoms with van der Waals surface area (Å²) in [5.74, 6) is 1.44.